The van der Waals surface area contributed by atoms with Gasteiger partial charge in [-0.1, -0.05) is 36.9 Å². The minimum atomic E-state index is -0.543. The minimum Gasteiger partial charge on any atom is -0.339 e. The van der Waals surface area contributed by atoms with Crippen LogP contribution >= 0.6 is 22.9 Å². The summed E-state index contributed by atoms with van der Waals surface area (Å²) in [6.45, 7) is 2.08. The minimum absolute atomic E-state index is 0.131. The molecule has 1 aliphatic heterocycles. The Balaban J connectivity index is 1.49. The molecule has 2 aromatic rings. The second-order valence-electron chi connectivity index (χ2n) is 8.73. The number of nitrogens with one attached hydrogen (secondary N) is 2. The van der Waals surface area contributed by atoms with Gasteiger partial charge in [0.15, 0.2) is 0 Å². The average molecular weight is 460 g/mol. The van der Waals surface area contributed by atoms with Crippen molar-refractivity contribution in [1.82, 2.24) is 10.2 Å². The van der Waals surface area contributed by atoms with Crippen molar-refractivity contribution in [2.24, 2.45) is 5.92 Å². The average Bonchev–Trinajstić information content (AvgIpc) is 3.13. The van der Waals surface area contributed by atoms with Crippen LogP contribution in [0.15, 0.2) is 30.3 Å². The normalized spacial score (nSPS) is 18.6. The van der Waals surface area contributed by atoms with Crippen molar-refractivity contribution < 1.29 is 9.59 Å². The molecule has 2 amide bonds. The number of likely N-dealkylation sites (N-methyl/N-ethyl adjacent to an activating group) is 1. The van der Waals surface area contributed by atoms with Gasteiger partial charge in [0.2, 0.25) is 5.91 Å². The van der Waals surface area contributed by atoms with Gasteiger partial charge in [0.05, 0.1) is 9.21 Å². The smallest absolute Gasteiger partial charge is 0.262 e. The molecule has 1 aromatic heterocycles. The number of carbonyl (C=O) groups is 2. The first-order valence-corrected chi connectivity index (χ1v) is 12.4. The van der Waals surface area contributed by atoms with Crippen LogP contribution in [0.3, 0.4) is 0 Å². The molecule has 0 radical (unpaired) electrons. The molecule has 5 nitrogen and oxygen atoms in total. The van der Waals surface area contributed by atoms with Gasteiger partial charge in [-0.3, -0.25) is 9.59 Å². The van der Waals surface area contributed by atoms with Crippen LogP contribution in [0.1, 0.15) is 52.9 Å². The Morgan fingerprint density at radius 1 is 1.06 bits per heavy atom. The van der Waals surface area contributed by atoms with Gasteiger partial charge in [-0.15, -0.1) is 11.3 Å². The molecule has 1 atom stereocenters. The molecule has 0 saturated heterocycles. The zero-order valence-electron chi connectivity index (χ0n) is 18.0. The van der Waals surface area contributed by atoms with Crippen LogP contribution in [0.4, 0.5) is 5.69 Å². The number of thiophene rings is 1. The second kappa shape index (κ2) is 10.2. The van der Waals surface area contributed by atoms with Crippen LogP contribution < -0.4 is 10.6 Å². The van der Waals surface area contributed by atoms with Gasteiger partial charge in [0.25, 0.3) is 5.91 Å². The van der Waals surface area contributed by atoms with Crippen molar-refractivity contribution in [3.8, 4) is 0 Å². The molecule has 31 heavy (non-hydrogen) atoms. The standard InChI is InChI=1S/C24H30ClN3O2S/c1-28-13-11-16-7-8-19(15-18(16)12-14-28)26-24(30)22(17-5-3-2-4-6-17)27-23(29)20-9-10-21(25)31-20/h7-10,15,17,22H,2-6,11-14H2,1H3,(H,26,30)(H,27,29). The highest BCUT2D eigenvalue weighted by Gasteiger charge is 2.31. The van der Waals surface area contributed by atoms with E-state index in [1.165, 1.54) is 28.9 Å². The molecule has 1 saturated carbocycles. The molecule has 2 heterocycles. The fourth-order valence-corrected chi connectivity index (χ4v) is 5.59. The van der Waals surface area contributed by atoms with Gasteiger partial charge in [0, 0.05) is 18.8 Å². The van der Waals surface area contributed by atoms with Crippen molar-refractivity contribution >= 4 is 40.4 Å². The lowest BCUT2D eigenvalue weighted by Crippen LogP contribution is -2.49. The number of hydrogen-bond donors (Lipinski definition) is 2. The molecule has 1 aromatic carbocycles. The summed E-state index contributed by atoms with van der Waals surface area (Å²) in [6, 6.07) is 9.10. The zero-order valence-corrected chi connectivity index (χ0v) is 19.5. The fourth-order valence-electron chi connectivity index (χ4n) is 4.65. The first-order chi connectivity index (χ1) is 15.0. The van der Waals surface area contributed by atoms with Crippen molar-refractivity contribution in [2.45, 2.75) is 51.0 Å². The highest BCUT2D eigenvalue weighted by Crippen LogP contribution is 2.29. The molecule has 0 spiro atoms. The van der Waals surface area contributed by atoms with Crippen LogP contribution in [-0.2, 0) is 17.6 Å². The van der Waals surface area contributed by atoms with E-state index >= 15 is 0 Å². The first kappa shape index (κ1) is 22.3. The largest absolute Gasteiger partial charge is 0.339 e. The Kier molecular flexibility index (Phi) is 7.31. The third-order valence-electron chi connectivity index (χ3n) is 6.49. The Hall–Kier alpha value is -1.89. The summed E-state index contributed by atoms with van der Waals surface area (Å²) in [5, 5.41) is 6.10. The van der Waals surface area contributed by atoms with E-state index in [4.69, 9.17) is 11.6 Å². The van der Waals surface area contributed by atoms with Crippen LogP contribution in [0.5, 0.6) is 0 Å². The van der Waals surface area contributed by atoms with Gasteiger partial charge < -0.3 is 15.5 Å². The summed E-state index contributed by atoms with van der Waals surface area (Å²) in [5.74, 6) is -0.205. The predicted octanol–water partition coefficient (Wildman–Crippen LogP) is 4.75. The number of anilines is 1. The number of nitrogens with zero attached hydrogens (tertiary/aromatic N) is 1. The van der Waals surface area contributed by atoms with E-state index in [1.807, 2.05) is 6.07 Å². The lowest BCUT2D eigenvalue weighted by molar-refractivity contribution is -0.119. The summed E-state index contributed by atoms with van der Waals surface area (Å²) in [7, 11) is 2.15. The third kappa shape index (κ3) is 5.68. The van der Waals surface area contributed by atoms with Crippen molar-refractivity contribution in [3.05, 3.63) is 50.7 Å². The molecular formula is C24H30ClN3O2S. The number of halogens is 1. The molecule has 0 bridgehead atoms. The summed E-state index contributed by atoms with van der Waals surface area (Å²) in [5.41, 5.74) is 3.46. The Morgan fingerprint density at radius 3 is 2.52 bits per heavy atom. The van der Waals surface area contributed by atoms with Gasteiger partial charge in [-0.25, -0.2) is 0 Å². The number of benzene rings is 1. The number of amides is 2. The summed E-state index contributed by atoms with van der Waals surface area (Å²) in [6.07, 6.45) is 7.32. The molecule has 4 rings (SSSR count). The topological polar surface area (TPSA) is 61.4 Å². The van der Waals surface area contributed by atoms with E-state index in [9.17, 15) is 9.59 Å². The third-order valence-corrected chi connectivity index (χ3v) is 7.72. The monoisotopic (exact) mass is 459 g/mol. The number of hydrogen-bond acceptors (Lipinski definition) is 4. The molecule has 1 unspecified atom stereocenters. The van der Waals surface area contributed by atoms with E-state index < -0.39 is 6.04 Å². The maximum atomic E-state index is 13.3. The number of carbonyl (C=O) groups excluding carboxylic acids is 2. The molecule has 166 valence electrons. The second-order valence-corrected chi connectivity index (χ2v) is 10.4. The summed E-state index contributed by atoms with van der Waals surface area (Å²) >= 11 is 7.23. The summed E-state index contributed by atoms with van der Waals surface area (Å²) < 4.78 is 0.569. The molecule has 7 heteroatoms. The molecule has 1 aliphatic carbocycles. The fraction of sp³-hybridized carbons (Fsp3) is 0.500. The lowest BCUT2D eigenvalue weighted by atomic mass is 9.83. The predicted molar refractivity (Wildman–Crippen MR) is 127 cm³/mol. The van der Waals surface area contributed by atoms with Crippen molar-refractivity contribution in [2.75, 3.05) is 25.5 Å². The van der Waals surface area contributed by atoms with Gasteiger partial charge in [0.1, 0.15) is 6.04 Å². The lowest BCUT2D eigenvalue weighted by Gasteiger charge is -2.30. The van der Waals surface area contributed by atoms with Gasteiger partial charge in [-0.05, 0) is 74.0 Å². The van der Waals surface area contributed by atoms with E-state index in [1.54, 1.807) is 12.1 Å². The SMILES string of the molecule is CN1CCc2ccc(NC(=O)C(NC(=O)c3ccc(Cl)s3)C3CCCCC3)cc2CC1. The number of rotatable bonds is 5. The van der Waals surface area contributed by atoms with Crippen LogP contribution in [0.2, 0.25) is 4.34 Å². The highest BCUT2D eigenvalue weighted by atomic mass is 35.5. The molecular weight excluding hydrogens is 430 g/mol. The van der Waals surface area contributed by atoms with Crippen LogP contribution in [-0.4, -0.2) is 42.9 Å². The van der Waals surface area contributed by atoms with Crippen LogP contribution in [0.25, 0.3) is 0 Å². The highest BCUT2D eigenvalue weighted by molar-refractivity contribution is 7.18. The maximum absolute atomic E-state index is 13.3. The Bertz CT molecular complexity index is 939. The zero-order chi connectivity index (χ0) is 21.8. The number of fused-ring (bicyclic) bond motifs is 1. The van der Waals surface area contributed by atoms with Crippen molar-refractivity contribution in [3.63, 3.8) is 0 Å². The van der Waals surface area contributed by atoms with Crippen LogP contribution in [0, 0.1) is 5.92 Å². The van der Waals surface area contributed by atoms with E-state index in [-0.39, 0.29) is 17.7 Å². The quantitative estimate of drug-likeness (QED) is 0.678. The maximum Gasteiger partial charge on any atom is 0.262 e. The first-order valence-electron chi connectivity index (χ1n) is 11.2. The van der Waals surface area contributed by atoms with Crippen molar-refractivity contribution in [1.29, 1.82) is 0 Å². The molecule has 2 N–H and O–H groups in total. The Morgan fingerprint density at radius 2 is 1.81 bits per heavy atom. The molecule has 1 fully saturated rings. The van der Waals surface area contributed by atoms with E-state index in [0.29, 0.717) is 9.21 Å². The van der Waals surface area contributed by atoms with E-state index in [0.717, 1.165) is 57.3 Å². The Labute approximate surface area is 193 Å². The summed E-state index contributed by atoms with van der Waals surface area (Å²) in [4.78, 5) is 29.0. The molecule has 2 aliphatic rings. The van der Waals surface area contributed by atoms with Gasteiger partial charge in [-0.2, -0.15) is 0 Å². The van der Waals surface area contributed by atoms with E-state index in [2.05, 4.69) is 34.7 Å². The van der Waals surface area contributed by atoms with Gasteiger partial charge >= 0.3 is 0 Å².